The van der Waals surface area contributed by atoms with Crippen LogP contribution in [0.2, 0.25) is 0 Å². The second-order valence-corrected chi connectivity index (χ2v) is 3.66. The highest BCUT2D eigenvalue weighted by Crippen LogP contribution is 2.19. The van der Waals surface area contributed by atoms with E-state index in [1.54, 1.807) is 12.1 Å². The maximum atomic E-state index is 12.8. The number of methoxy groups -OCH3 is 1. The van der Waals surface area contributed by atoms with E-state index < -0.39 is 5.97 Å². The van der Waals surface area contributed by atoms with Crippen LogP contribution in [0, 0.1) is 5.82 Å². The third-order valence-electron chi connectivity index (χ3n) is 2.46. The first-order chi connectivity index (χ1) is 8.61. The van der Waals surface area contributed by atoms with Crippen LogP contribution in [0.1, 0.15) is 15.9 Å². The summed E-state index contributed by atoms with van der Waals surface area (Å²) in [5, 5.41) is 12.9. The Morgan fingerprint density at radius 1 is 1.44 bits per heavy atom. The molecule has 0 unspecified atom stereocenters. The highest BCUT2D eigenvalue weighted by Gasteiger charge is 2.17. The molecule has 2 rings (SSSR count). The summed E-state index contributed by atoms with van der Waals surface area (Å²) in [6.45, 7) is 0.316. The maximum Gasteiger partial charge on any atom is 0.342 e. The number of nitrogens with zero attached hydrogens (tertiary/aromatic N) is 2. The van der Waals surface area contributed by atoms with Gasteiger partial charge in [0.1, 0.15) is 11.4 Å². The van der Waals surface area contributed by atoms with E-state index in [2.05, 4.69) is 5.10 Å². The Morgan fingerprint density at radius 3 is 2.67 bits per heavy atom. The lowest BCUT2D eigenvalue weighted by Crippen LogP contribution is -2.06. The molecule has 0 saturated heterocycles. The molecule has 0 aliphatic rings. The molecule has 18 heavy (non-hydrogen) atoms. The van der Waals surface area contributed by atoms with Crippen molar-refractivity contribution in [1.82, 2.24) is 9.78 Å². The van der Waals surface area contributed by atoms with E-state index in [0.717, 1.165) is 5.56 Å². The van der Waals surface area contributed by atoms with Crippen LogP contribution in [0.25, 0.3) is 0 Å². The van der Waals surface area contributed by atoms with Crippen molar-refractivity contribution in [2.75, 3.05) is 7.11 Å². The molecule has 2 aromatic rings. The van der Waals surface area contributed by atoms with E-state index in [1.165, 1.54) is 30.1 Å². The van der Waals surface area contributed by atoms with E-state index >= 15 is 0 Å². The smallest absolute Gasteiger partial charge is 0.342 e. The Bertz CT molecular complexity index is 563. The SMILES string of the molecule is COc1c(C(=O)O)cnn1Cc1ccc(F)cc1. The lowest BCUT2D eigenvalue weighted by atomic mass is 10.2. The van der Waals surface area contributed by atoms with Gasteiger partial charge in [0.15, 0.2) is 0 Å². The molecule has 0 amide bonds. The summed E-state index contributed by atoms with van der Waals surface area (Å²) in [6.07, 6.45) is 1.23. The fourth-order valence-corrected chi connectivity index (χ4v) is 1.61. The zero-order valence-electron chi connectivity index (χ0n) is 9.63. The third kappa shape index (κ3) is 2.32. The molecule has 0 saturated carbocycles. The number of carbonyl (C=O) groups is 1. The van der Waals surface area contributed by atoms with Gasteiger partial charge in [-0.1, -0.05) is 12.1 Å². The fourth-order valence-electron chi connectivity index (χ4n) is 1.61. The molecule has 5 nitrogen and oxygen atoms in total. The minimum absolute atomic E-state index is 0.000360. The molecule has 6 heteroatoms. The van der Waals surface area contributed by atoms with Crippen molar-refractivity contribution in [3.05, 3.63) is 47.4 Å². The normalized spacial score (nSPS) is 10.3. The van der Waals surface area contributed by atoms with Gasteiger partial charge < -0.3 is 9.84 Å². The van der Waals surface area contributed by atoms with Crippen molar-refractivity contribution >= 4 is 5.97 Å². The maximum absolute atomic E-state index is 12.8. The molecule has 0 radical (unpaired) electrons. The van der Waals surface area contributed by atoms with Gasteiger partial charge in [0, 0.05) is 0 Å². The standard InChI is InChI=1S/C12H11FN2O3/c1-18-11-10(12(16)17)6-14-15(11)7-8-2-4-9(13)5-3-8/h2-6H,7H2,1H3,(H,16,17). The van der Waals surface area contributed by atoms with Crippen LogP contribution in [0.3, 0.4) is 0 Å². The third-order valence-corrected chi connectivity index (χ3v) is 2.46. The Hall–Kier alpha value is -2.37. The second-order valence-electron chi connectivity index (χ2n) is 3.66. The number of carboxylic acids is 1. The average Bonchev–Trinajstić information content (AvgIpc) is 2.75. The molecular formula is C12H11FN2O3. The Balaban J connectivity index is 2.29. The quantitative estimate of drug-likeness (QED) is 0.898. The van der Waals surface area contributed by atoms with Gasteiger partial charge in [-0.2, -0.15) is 5.10 Å². The predicted octanol–water partition coefficient (Wildman–Crippen LogP) is 1.78. The zero-order valence-corrected chi connectivity index (χ0v) is 9.63. The van der Waals surface area contributed by atoms with Crippen LogP contribution in [-0.2, 0) is 6.54 Å². The number of aromatic carboxylic acids is 1. The number of ether oxygens (including phenoxy) is 1. The monoisotopic (exact) mass is 250 g/mol. The Kier molecular flexibility index (Phi) is 3.27. The number of carboxylic acid groups (broad SMARTS) is 1. The molecular weight excluding hydrogens is 239 g/mol. The summed E-state index contributed by atoms with van der Waals surface area (Å²) in [5.74, 6) is -1.25. The minimum atomic E-state index is -1.10. The lowest BCUT2D eigenvalue weighted by Gasteiger charge is -2.07. The number of benzene rings is 1. The summed E-state index contributed by atoms with van der Waals surface area (Å²) in [5.41, 5.74) is 0.800. The topological polar surface area (TPSA) is 64.3 Å². The minimum Gasteiger partial charge on any atom is -0.481 e. The van der Waals surface area contributed by atoms with Crippen molar-refractivity contribution in [1.29, 1.82) is 0 Å². The molecule has 0 fully saturated rings. The van der Waals surface area contributed by atoms with Gasteiger partial charge in [-0.25, -0.2) is 13.9 Å². The number of aromatic nitrogens is 2. The molecule has 0 aliphatic heterocycles. The fraction of sp³-hybridized carbons (Fsp3) is 0.167. The van der Waals surface area contributed by atoms with Crippen molar-refractivity contribution in [3.8, 4) is 5.88 Å². The highest BCUT2D eigenvalue weighted by atomic mass is 19.1. The molecule has 1 N–H and O–H groups in total. The Morgan fingerprint density at radius 2 is 2.11 bits per heavy atom. The first-order valence-electron chi connectivity index (χ1n) is 5.19. The largest absolute Gasteiger partial charge is 0.481 e. The van der Waals surface area contributed by atoms with E-state index in [1.807, 2.05) is 0 Å². The van der Waals surface area contributed by atoms with Gasteiger partial charge in [0.25, 0.3) is 0 Å². The van der Waals surface area contributed by atoms with E-state index in [9.17, 15) is 9.18 Å². The molecule has 0 bridgehead atoms. The van der Waals surface area contributed by atoms with Crippen LogP contribution < -0.4 is 4.74 Å². The zero-order chi connectivity index (χ0) is 13.1. The molecule has 0 aliphatic carbocycles. The van der Waals surface area contributed by atoms with Crippen molar-refractivity contribution in [3.63, 3.8) is 0 Å². The van der Waals surface area contributed by atoms with Crippen LogP contribution in [-0.4, -0.2) is 28.0 Å². The van der Waals surface area contributed by atoms with Crippen molar-refractivity contribution in [2.45, 2.75) is 6.54 Å². The summed E-state index contributed by atoms with van der Waals surface area (Å²) < 4.78 is 19.2. The first-order valence-corrected chi connectivity index (χ1v) is 5.19. The van der Waals surface area contributed by atoms with Crippen molar-refractivity contribution < 1.29 is 19.0 Å². The molecule has 0 spiro atoms. The summed E-state index contributed by atoms with van der Waals surface area (Å²) in [4.78, 5) is 10.9. The van der Waals surface area contributed by atoms with Gasteiger partial charge >= 0.3 is 5.97 Å². The lowest BCUT2D eigenvalue weighted by molar-refractivity contribution is 0.0693. The van der Waals surface area contributed by atoms with E-state index in [4.69, 9.17) is 9.84 Å². The molecule has 94 valence electrons. The number of hydrogen-bond acceptors (Lipinski definition) is 3. The van der Waals surface area contributed by atoms with E-state index in [-0.39, 0.29) is 17.3 Å². The summed E-state index contributed by atoms with van der Waals surface area (Å²) in [6, 6.07) is 5.89. The number of hydrogen-bond donors (Lipinski definition) is 1. The van der Waals surface area contributed by atoms with Gasteiger partial charge in [-0.05, 0) is 17.7 Å². The molecule has 1 heterocycles. The van der Waals surface area contributed by atoms with Crippen LogP contribution in [0.4, 0.5) is 4.39 Å². The highest BCUT2D eigenvalue weighted by molar-refractivity contribution is 5.89. The van der Waals surface area contributed by atoms with Crippen LogP contribution in [0.15, 0.2) is 30.5 Å². The van der Waals surface area contributed by atoms with Gasteiger partial charge in [-0.15, -0.1) is 0 Å². The van der Waals surface area contributed by atoms with Gasteiger partial charge in [0.2, 0.25) is 5.88 Å². The molecule has 1 aromatic carbocycles. The van der Waals surface area contributed by atoms with Gasteiger partial charge in [-0.3, -0.25) is 0 Å². The summed E-state index contributed by atoms with van der Waals surface area (Å²) >= 11 is 0. The summed E-state index contributed by atoms with van der Waals surface area (Å²) in [7, 11) is 1.38. The second kappa shape index (κ2) is 4.87. The molecule has 0 atom stereocenters. The number of halogens is 1. The number of rotatable bonds is 4. The first kappa shape index (κ1) is 12.1. The van der Waals surface area contributed by atoms with Crippen LogP contribution >= 0.6 is 0 Å². The molecule has 1 aromatic heterocycles. The van der Waals surface area contributed by atoms with Crippen LogP contribution in [0.5, 0.6) is 5.88 Å². The van der Waals surface area contributed by atoms with Gasteiger partial charge in [0.05, 0.1) is 19.9 Å². The Labute approximate surface area is 102 Å². The predicted molar refractivity (Wildman–Crippen MR) is 61.2 cm³/mol. The van der Waals surface area contributed by atoms with Crippen molar-refractivity contribution in [2.24, 2.45) is 0 Å². The van der Waals surface area contributed by atoms with E-state index in [0.29, 0.717) is 6.54 Å². The average molecular weight is 250 g/mol.